The van der Waals surface area contributed by atoms with E-state index < -0.39 is 24.5 Å². The highest BCUT2D eigenvalue weighted by Gasteiger charge is 2.36. The van der Waals surface area contributed by atoms with Gasteiger partial charge in [0.1, 0.15) is 6.42 Å². The fraction of sp³-hybridized carbons (Fsp3) is 0.417. The summed E-state index contributed by atoms with van der Waals surface area (Å²) >= 11 is 0.698. The second-order valence-electron chi connectivity index (χ2n) is 13.4. The van der Waals surface area contributed by atoms with Crippen LogP contribution < -0.4 is 5.32 Å². The van der Waals surface area contributed by atoms with E-state index in [0.717, 1.165) is 12.0 Å². The van der Waals surface area contributed by atoms with Crippen LogP contribution in [0.25, 0.3) is 11.0 Å². The molecular formula is C36H40F2N6O4S. The number of aromatic nitrogens is 2. The molecule has 0 saturated carbocycles. The Morgan fingerprint density at radius 1 is 1.14 bits per heavy atom. The quantitative estimate of drug-likeness (QED) is 0.165. The Labute approximate surface area is 288 Å². The number of fused-ring (bicyclic) bond motifs is 1. The van der Waals surface area contributed by atoms with Crippen molar-refractivity contribution in [2.24, 2.45) is 5.41 Å². The molecule has 10 nitrogen and oxygen atoms in total. The molecule has 49 heavy (non-hydrogen) atoms. The lowest BCUT2D eigenvalue weighted by molar-refractivity contribution is -0.131. The summed E-state index contributed by atoms with van der Waals surface area (Å²) in [5.41, 5.74) is 2.44. The van der Waals surface area contributed by atoms with Gasteiger partial charge in [-0.15, -0.1) is 11.3 Å². The third kappa shape index (κ3) is 7.91. The third-order valence-electron chi connectivity index (χ3n) is 9.27. The summed E-state index contributed by atoms with van der Waals surface area (Å²) in [5.74, 6) is -0.706. The highest BCUT2D eigenvalue weighted by atomic mass is 32.1. The Balaban J connectivity index is 1.59. The van der Waals surface area contributed by atoms with E-state index in [1.807, 2.05) is 82.3 Å². The summed E-state index contributed by atoms with van der Waals surface area (Å²) in [5, 5.41) is 22.5. The highest BCUT2D eigenvalue weighted by molar-refractivity contribution is 7.14. The van der Waals surface area contributed by atoms with Gasteiger partial charge in [-0.25, -0.2) is 18.6 Å². The van der Waals surface area contributed by atoms with E-state index in [1.165, 1.54) is 17.0 Å². The number of carboxylic acid groups (broad SMARTS) is 1. The van der Waals surface area contributed by atoms with Gasteiger partial charge < -0.3 is 14.6 Å². The Bertz CT molecular complexity index is 1860. The minimum atomic E-state index is -2.70. The van der Waals surface area contributed by atoms with Crippen LogP contribution in [0, 0.1) is 16.7 Å². The lowest BCUT2D eigenvalue weighted by Gasteiger charge is -2.41. The van der Waals surface area contributed by atoms with Crippen molar-refractivity contribution < 1.29 is 28.3 Å². The van der Waals surface area contributed by atoms with Crippen LogP contribution >= 0.6 is 11.3 Å². The molecular weight excluding hydrogens is 650 g/mol. The van der Waals surface area contributed by atoms with Gasteiger partial charge in [-0.05, 0) is 67.0 Å². The molecule has 0 aliphatic carbocycles. The molecule has 0 spiro atoms. The number of imidazole rings is 1. The number of likely N-dealkylation sites (tertiary alicyclic amines) is 1. The van der Waals surface area contributed by atoms with E-state index in [1.54, 1.807) is 9.47 Å². The van der Waals surface area contributed by atoms with Crippen molar-refractivity contribution in [2.45, 2.75) is 84.5 Å². The van der Waals surface area contributed by atoms with Crippen molar-refractivity contribution in [2.75, 3.05) is 11.9 Å². The molecule has 4 aromatic rings. The maximum absolute atomic E-state index is 13.3. The Hall–Kier alpha value is -4.83. The first-order chi connectivity index (χ1) is 23.3. The van der Waals surface area contributed by atoms with Gasteiger partial charge in [0.25, 0.3) is 12.3 Å². The predicted octanol–water partition coefficient (Wildman–Crippen LogP) is 7.89. The Kier molecular flexibility index (Phi) is 10.7. The Morgan fingerprint density at radius 3 is 2.51 bits per heavy atom. The zero-order valence-electron chi connectivity index (χ0n) is 27.9. The lowest BCUT2D eigenvalue weighted by atomic mass is 9.84. The minimum absolute atomic E-state index is 0.0949. The molecule has 1 fully saturated rings. The molecule has 1 aliphatic rings. The van der Waals surface area contributed by atoms with E-state index in [4.69, 9.17) is 10.2 Å². The number of benzene rings is 2. The zero-order valence-corrected chi connectivity index (χ0v) is 28.7. The highest BCUT2D eigenvalue weighted by Crippen LogP contribution is 2.36. The molecule has 3 amide bonds. The molecule has 3 atom stereocenters. The number of rotatable bonds is 11. The van der Waals surface area contributed by atoms with Crippen LogP contribution in [0.3, 0.4) is 0 Å². The summed E-state index contributed by atoms with van der Waals surface area (Å²) in [7, 11) is 0. The monoisotopic (exact) mass is 690 g/mol. The molecule has 258 valence electrons. The van der Waals surface area contributed by atoms with Crippen LogP contribution in [0.2, 0.25) is 0 Å². The molecule has 0 bridgehead atoms. The number of carbonyl (C=O) groups is 3. The number of halogens is 2. The second-order valence-corrected chi connectivity index (χ2v) is 14.5. The van der Waals surface area contributed by atoms with Gasteiger partial charge in [-0.1, -0.05) is 57.2 Å². The number of thiophene rings is 1. The minimum Gasteiger partial charge on any atom is -0.465 e. The van der Waals surface area contributed by atoms with E-state index >= 15 is 0 Å². The van der Waals surface area contributed by atoms with Crippen LogP contribution in [0.15, 0.2) is 60.7 Å². The number of hydrogen-bond donors (Lipinski definition) is 2. The smallest absolute Gasteiger partial charge is 0.408 e. The second kappa shape index (κ2) is 14.7. The first-order valence-electron chi connectivity index (χ1n) is 16.2. The average Bonchev–Trinajstić information content (AvgIpc) is 3.80. The average molecular weight is 691 g/mol. The molecule has 2 N–H and O–H groups in total. The maximum Gasteiger partial charge on any atom is 0.408 e. The number of nitrogens with zero attached hydrogens (tertiary/aromatic N) is 5. The van der Waals surface area contributed by atoms with Gasteiger partial charge in [-0.3, -0.25) is 19.8 Å². The molecule has 3 unspecified atom stereocenters. The van der Waals surface area contributed by atoms with Gasteiger partial charge in [0.15, 0.2) is 0 Å². The van der Waals surface area contributed by atoms with E-state index in [0.29, 0.717) is 47.3 Å². The number of nitriles is 1. The number of nitrogens with one attached hydrogen (secondary N) is 1. The molecule has 3 heterocycles. The number of carbonyl (C=O) groups excluding carboxylic acids is 2. The lowest BCUT2D eigenvalue weighted by Crippen LogP contribution is -2.47. The standard InChI is InChI=1S/C36H40F2N6O4S/c1-22(36(2,3)4)44(35(47)48)28(19-23-9-6-5-7-10-23)24-12-13-27-26(20-24)40-34(41-33(46)30-15-14-29(49-30)32(37)38)43(27)21-25-11-8-18-42(25)31(45)16-17-39/h5-7,9-10,12-15,20,22,25,28,32H,8,11,16,18-19,21H2,1-4H3,(H,47,48)(H,40,41,46). The van der Waals surface area contributed by atoms with Crippen LogP contribution in [0.1, 0.15) is 85.1 Å². The Morgan fingerprint density at radius 2 is 1.88 bits per heavy atom. The van der Waals surface area contributed by atoms with Gasteiger partial charge in [0.05, 0.1) is 32.9 Å². The van der Waals surface area contributed by atoms with Crippen molar-refractivity contribution in [1.29, 1.82) is 5.26 Å². The fourth-order valence-electron chi connectivity index (χ4n) is 6.32. The van der Waals surface area contributed by atoms with E-state index in [2.05, 4.69) is 5.32 Å². The number of anilines is 1. The van der Waals surface area contributed by atoms with Crippen LogP contribution in [0.5, 0.6) is 0 Å². The summed E-state index contributed by atoms with van der Waals surface area (Å²) in [4.78, 5) is 46.8. The van der Waals surface area contributed by atoms with Crippen molar-refractivity contribution in [3.05, 3.63) is 81.5 Å². The topological polar surface area (TPSA) is 132 Å². The van der Waals surface area contributed by atoms with Crippen molar-refractivity contribution in [1.82, 2.24) is 19.4 Å². The van der Waals surface area contributed by atoms with Gasteiger partial charge in [0, 0.05) is 25.2 Å². The summed E-state index contributed by atoms with van der Waals surface area (Å²) < 4.78 is 28.4. The van der Waals surface area contributed by atoms with Gasteiger partial charge in [-0.2, -0.15) is 5.26 Å². The van der Waals surface area contributed by atoms with Crippen LogP contribution in [-0.4, -0.2) is 61.0 Å². The van der Waals surface area contributed by atoms with Crippen molar-refractivity contribution >= 4 is 46.2 Å². The molecule has 5 rings (SSSR count). The first kappa shape index (κ1) is 35.5. The first-order valence-corrected chi connectivity index (χ1v) is 17.0. The molecule has 2 aromatic heterocycles. The van der Waals surface area contributed by atoms with Gasteiger partial charge in [0.2, 0.25) is 11.9 Å². The number of amides is 3. The normalized spacial score (nSPS) is 16.0. The SMILES string of the molecule is CC(N(C(=O)O)C(Cc1ccccc1)c1ccc2c(c1)nc(NC(=O)c1ccc(C(F)F)s1)n2CC1CCCN1C(=O)CC#N)C(C)(C)C. The predicted molar refractivity (Wildman–Crippen MR) is 184 cm³/mol. The maximum atomic E-state index is 13.3. The van der Waals surface area contributed by atoms with Crippen LogP contribution in [0.4, 0.5) is 19.5 Å². The zero-order chi connectivity index (χ0) is 35.5. The number of alkyl halides is 2. The molecule has 1 aliphatic heterocycles. The largest absolute Gasteiger partial charge is 0.465 e. The summed E-state index contributed by atoms with van der Waals surface area (Å²) in [6.45, 7) is 8.67. The van der Waals surface area contributed by atoms with Crippen molar-refractivity contribution in [3.8, 4) is 6.07 Å². The molecule has 1 saturated heterocycles. The van der Waals surface area contributed by atoms with Crippen molar-refractivity contribution in [3.63, 3.8) is 0 Å². The van der Waals surface area contributed by atoms with E-state index in [-0.39, 0.29) is 52.1 Å². The molecule has 2 aromatic carbocycles. The molecule has 0 radical (unpaired) electrons. The van der Waals surface area contributed by atoms with Gasteiger partial charge >= 0.3 is 6.09 Å². The summed E-state index contributed by atoms with van der Waals surface area (Å²) in [6.07, 6.45) is -2.15. The molecule has 13 heteroatoms. The summed E-state index contributed by atoms with van der Waals surface area (Å²) in [6, 6.07) is 18.5. The number of hydrogen-bond acceptors (Lipinski definition) is 6. The van der Waals surface area contributed by atoms with E-state index in [9.17, 15) is 28.3 Å². The van der Waals surface area contributed by atoms with Crippen LogP contribution in [-0.2, 0) is 17.8 Å². The third-order valence-corrected chi connectivity index (χ3v) is 10.4. The fourth-order valence-corrected chi connectivity index (χ4v) is 7.08.